The van der Waals surface area contributed by atoms with Crippen LogP contribution in [0.15, 0.2) is 10.5 Å². The molecule has 2 aliphatic carbocycles. The molecule has 0 aliphatic heterocycles. The van der Waals surface area contributed by atoms with E-state index in [1.165, 1.54) is 56.9 Å². The van der Waals surface area contributed by atoms with Gasteiger partial charge in [0.25, 0.3) is 0 Å². The number of rotatable bonds is 6. The second-order valence-corrected chi connectivity index (χ2v) is 7.01. The highest BCUT2D eigenvalue weighted by atomic mass is 16.3. The summed E-state index contributed by atoms with van der Waals surface area (Å²) in [5.74, 6) is 2.20. The van der Waals surface area contributed by atoms with Crippen molar-refractivity contribution in [3.63, 3.8) is 0 Å². The van der Waals surface area contributed by atoms with E-state index in [9.17, 15) is 0 Å². The Bertz CT molecular complexity index is 442. The van der Waals surface area contributed by atoms with Gasteiger partial charge in [0.1, 0.15) is 11.5 Å². The molecule has 3 nitrogen and oxygen atoms in total. The highest BCUT2D eigenvalue weighted by Crippen LogP contribution is 2.25. The minimum absolute atomic E-state index is 0.743. The van der Waals surface area contributed by atoms with Gasteiger partial charge in [0, 0.05) is 24.2 Å². The quantitative estimate of drug-likeness (QED) is 0.803. The topological polar surface area (TPSA) is 28.4 Å². The Balaban J connectivity index is 1.55. The molecule has 0 bridgehead atoms. The normalized spacial score (nSPS) is 20.9. The molecule has 0 spiro atoms. The molecule has 0 atom stereocenters. The van der Waals surface area contributed by atoms with E-state index < -0.39 is 0 Å². The largest absolute Gasteiger partial charge is 0.465 e. The van der Waals surface area contributed by atoms with E-state index in [2.05, 4.69) is 30.3 Å². The van der Waals surface area contributed by atoms with Crippen molar-refractivity contribution in [2.24, 2.45) is 0 Å². The summed E-state index contributed by atoms with van der Waals surface area (Å²) in [5.41, 5.74) is 1.37. The smallest absolute Gasteiger partial charge is 0.118 e. The third-order valence-corrected chi connectivity index (χ3v) is 5.08. The molecule has 1 heterocycles. The fraction of sp³-hybridized carbons (Fsp3) is 0.778. The fourth-order valence-corrected chi connectivity index (χ4v) is 3.46. The van der Waals surface area contributed by atoms with E-state index in [1.807, 2.05) is 0 Å². The summed E-state index contributed by atoms with van der Waals surface area (Å²) in [4.78, 5) is 2.54. The van der Waals surface area contributed by atoms with Gasteiger partial charge in [-0.1, -0.05) is 25.7 Å². The molecule has 118 valence electrons. The molecule has 3 rings (SSSR count). The molecule has 1 N–H and O–H groups in total. The summed E-state index contributed by atoms with van der Waals surface area (Å²) in [6.07, 6.45) is 11.0. The van der Waals surface area contributed by atoms with Crippen LogP contribution < -0.4 is 5.32 Å². The van der Waals surface area contributed by atoms with Gasteiger partial charge in [0.05, 0.1) is 6.54 Å². The number of hydrogen-bond donors (Lipinski definition) is 1. The Labute approximate surface area is 129 Å². The molecule has 0 aromatic carbocycles. The van der Waals surface area contributed by atoms with Crippen LogP contribution in [0.4, 0.5) is 0 Å². The summed E-state index contributed by atoms with van der Waals surface area (Å²) >= 11 is 0. The first-order chi connectivity index (χ1) is 10.2. The Hall–Kier alpha value is -0.800. The van der Waals surface area contributed by atoms with Crippen molar-refractivity contribution in [3.8, 4) is 0 Å². The third-order valence-electron chi connectivity index (χ3n) is 5.08. The van der Waals surface area contributed by atoms with Crippen LogP contribution in [0.2, 0.25) is 0 Å². The Morgan fingerprint density at radius 1 is 1.14 bits per heavy atom. The molecular weight excluding hydrogens is 260 g/mol. The molecule has 0 radical (unpaired) electrons. The number of furan rings is 1. The lowest BCUT2D eigenvalue weighted by Gasteiger charge is -2.26. The van der Waals surface area contributed by atoms with Crippen molar-refractivity contribution in [2.75, 3.05) is 7.05 Å². The predicted molar refractivity (Wildman–Crippen MR) is 86.3 cm³/mol. The highest BCUT2D eigenvalue weighted by Gasteiger charge is 2.22. The van der Waals surface area contributed by atoms with Crippen LogP contribution in [-0.4, -0.2) is 24.0 Å². The average Bonchev–Trinajstić information content (AvgIpc) is 3.26. The van der Waals surface area contributed by atoms with Crippen LogP contribution in [0.5, 0.6) is 0 Å². The van der Waals surface area contributed by atoms with E-state index >= 15 is 0 Å². The first-order valence-corrected chi connectivity index (χ1v) is 8.74. The second-order valence-electron chi connectivity index (χ2n) is 7.01. The van der Waals surface area contributed by atoms with Gasteiger partial charge in [-0.05, 0) is 45.7 Å². The van der Waals surface area contributed by atoms with Crippen LogP contribution in [-0.2, 0) is 13.1 Å². The molecular formula is C18H30N2O. The summed E-state index contributed by atoms with van der Waals surface area (Å²) in [7, 11) is 2.28. The lowest BCUT2D eigenvalue weighted by molar-refractivity contribution is 0.212. The summed E-state index contributed by atoms with van der Waals surface area (Å²) in [5, 5.41) is 3.53. The molecule has 2 fully saturated rings. The van der Waals surface area contributed by atoms with Gasteiger partial charge in [0.2, 0.25) is 0 Å². The van der Waals surface area contributed by atoms with Crippen molar-refractivity contribution in [3.05, 3.63) is 23.2 Å². The van der Waals surface area contributed by atoms with Gasteiger partial charge in [-0.3, -0.25) is 4.90 Å². The van der Waals surface area contributed by atoms with Crippen molar-refractivity contribution >= 4 is 0 Å². The molecule has 2 aliphatic rings. The zero-order chi connectivity index (χ0) is 14.7. The van der Waals surface area contributed by atoms with Gasteiger partial charge in [-0.25, -0.2) is 0 Å². The molecule has 21 heavy (non-hydrogen) atoms. The van der Waals surface area contributed by atoms with Crippen molar-refractivity contribution in [2.45, 2.75) is 83.5 Å². The van der Waals surface area contributed by atoms with Gasteiger partial charge in [0.15, 0.2) is 0 Å². The molecule has 0 unspecified atom stereocenters. The molecule has 2 saturated carbocycles. The van der Waals surface area contributed by atoms with Crippen LogP contribution in [0.25, 0.3) is 0 Å². The van der Waals surface area contributed by atoms with E-state index in [4.69, 9.17) is 4.42 Å². The SMILES string of the molecule is Cc1oc(CNC2CC2)cc1CN(C)C1CCCCCC1. The zero-order valence-electron chi connectivity index (χ0n) is 13.7. The highest BCUT2D eigenvalue weighted by molar-refractivity contribution is 5.21. The van der Waals surface area contributed by atoms with Crippen molar-refractivity contribution in [1.82, 2.24) is 10.2 Å². The van der Waals surface area contributed by atoms with Gasteiger partial charge < -0.3 is 9.73 Å². The number of nitrogens with zero attached hydrogens (tertiary/aromatic N) is 1. The number of hydrogen-bond acceptors (Lipinski definition) is 3. The average molecular weight is 290 g/mol. The monoisotopic (exact) mass is 290 g/mol. The van der Waals surface area contributed by atoms with Crippen LogP contribution in [0.1, 0.15) is 68.5 Å². The van der Waals surface area contributed by atoms with Gasteiger partial charge >= 0.3 is 0 Å². The maximum Gasteiger partial charge on any atom is 0.118 e. The van der Waals surface area contributed by atoms with E-state index in [-0.39, 0.29) is 0 Å². The molecule has 1 aromatic rings. The van der Waals surface area contributed by atoms with Gasteiger partial charge in [-0.15, -0.1) is 0 Å². The van der Waals surface area contributed by atoms with E-state index in [0.717, 1.165) is 36.7 Å². The molecule has 0 saturated heterocycles. The minimum Gasteiger partial charge on any atom is -0.465 e. The summed E-state index contributed by atoms with van der Waals surface area (Å²) in [6.45, 7) is 4.03. The Morgan fingerprint density at radius 2 is 1.86 bits per heavy atom. The first-order valence-electron chi connectivity index (χ1n) is 8.74. The zero-order valence-corrected chi connectivity index (χ0v) is 13.7. The van der Waals surface area contributed by atoms with Crippen molar-refractivity contribution < 1.29 is 4.42 Å². The lowest BCUT2D eigenvalue weighted by Crippen LogP contribution is -2.30. The van der Waals surface area contributed by atoms with Crippen LogP contribution in [0.3, 0.4) is 0 Å². The summed E-state index contributed by atoms with van der Waals surface area (Å²) in [6, 6.07) is 3.76. The van der Waals surface area contributed by atoms with Crippen LogP contribution in [0, 0.1) is 6.92 Å². The minimum atomic E-state index is 0.743. The molecule has 3 heteroatoms. The van der Waals surface area contributed by atoms with Crippen molar-refractivity contribution in [1.29, 1.82) is 0 Å². The van der Waals surface area contributed by atoms with Crippen LogP contribution >= 0.6 is 0 Å². The standard InChI is InChI=1S/C18H30N2O/c1-14-15(11-18(21-14)12-19-16-9-10-16)13-20(2)17-7-5-3-4-6-8-17/h11,16-17,19H,3-10,12-13H2,1-2H3. The number of nitrogens with one attached hydrogen (secondary N) is 1. The third kappa shape index (κ3) is 4.33. The molecule has 1 aromatic heterocycles. The maximum absolute atomic E-state index is 5.92. The molecule has 0 amide bonds. The number of aryl methyl sites for hydroxylation is 1. The maximum atomic E-state index is 5.92. The Morgan fingerprint density at radius 3 is 2.52 bits per heavy atom. The predicted octanol–water partition coefficient (Wildman–Crippen LogP) is 3.99. The van der Waals surface area contributed by atoms with E-state index in [0.29, 0.717) is 0 Å². The first kappa shape index (κ1) is 15.1. The van der Waals surface area contributed by atoms with E-state index in [1.54, 1.807) is 0 Å². The Kier molecular flexibility index (Phi) is 5.02. The fourth-order valence-electron chi connectivity index (χ4n) is 3.46. The van der Waals surface area contributed by atoms with Gasteiger partial charge in [-0.2, -0.15) is 0 Å². The summed E-state index contributed by atoms with van der Waals surface area (Å²) < 4.78 is 5.92. The lowest BCUT2D eigenvalue weighted by atomic mass is 10.1. The second kappa shape index (κ2) is 6.97.